The Balaban J connectivity index is 1.37. The number of nitrogens with two attached hydrogens (primary N) is 1. The SMILES string of the molecule is COC(=O)c1ccc(C(=O)O)c(-c2c3cc(Cl)c(=O)c(CNc4cccc5ccc(C=O)nc45)c-3oc3c(CNc4cccc5ccc(C(=O)O)nc45)c(N)ccc23)c1. The predicted octanol–water partition coefficient (Wildman–Crippen LogP) is 8.12. The highest BCUT2D eigenvalue weighted by molar-refractivity contribution is 6.31. The Labute approximate surface area is 338 Å². The van der Waals surface area contributed by atoms with Crippen LogP contribution in [-0.2, 0) is 17.8 Å². The minimum absolute atomic E-state index is 0.00412. The van der Waals surface area contributed by atoms with Gasteiger partial charge in [0.2, 0.25) is 5.43 Å². The summed E-state index contributed by atoms with van der Waals surface area (Å²) < 4.78 is 11.7. The van der Waals surface area contributed by atoms with E-state index in [0.29, 0.717) is 45.0 Å². The average molecular weight is 808 g/mol. The number of carbonyl (C=O) groups excluding carboxylic acids is 2. The fourth-order valence-corrected chi connectivity index (χ4v) is 7.36. The molecule has 1 aliphatic carbocycles. The molecule has 2 aliphatic rings. The largest absolute Gasteiger partial charge is 0.478 e. The molecule has 0 radical (unpaired) electrons. The molecule has 6 aromatic rings. The Morgan fingerprint density at radius 2 is 1.49 bits per heavy atom. The number of ether oxygens (including phenoxy) is 1. The maximum Gasteiger partial charge on any atom is 0.354 e. The molecule has 0 saturated carbocycles. The average Bonchev–Trinajstić information content (AvgIpc) is 3.24. The predicted molar refractivity (Wildman–Crippen MR) is 223 cm³/mol. The quantitative estimate of drug-likeness (QED) is 0.0360. The number of carbonyl (C=O) groups is 4. The van der Waals surface area contributed by atoms with E-state index in [2.05, 4.69) is 20.6 Å². The second-order valence-corrected chi connectivity index (χ2v) is 13.8. The zero-order chi connectivity index (χ0) is 41.5. The van der Waals surface area contributed by atoms with Gasteiger partial charge in [0.15, 0.2) is 6.29 Å². The van der Waals surface area contributed by atoms with Crippen LogP contribution in [0.3, 0.4) is 0 Å². The van der Waals surface area contributed by atoms with E-state index in [1.54, 1.807) is 60.7 Å². The van der Waals surface area contributed by atoms with Gasteiger partial charge in [-0.15, -0.1) is 0 Å². The molecule has 2 aromatic heterocycles. The van der Waals surface area contributed by atoms with Crippen molar-refractivity contribution in [2.45, 2.75) is 13.1 Å². The van der Waals surface area contributed by atoms with Crippen LogP contribution in [0.1, 0.15) is 52.8 Å². The first-order valence-electron chi connectivity index (χ1n) is 17.9. The number of rotatable bonds is 11. The second kappa shape index (κ2) is 15.2. The number of fused-ring (bicyclic) bond motifs is 4. The highest BCUT2D eigenvalue weighted by atomic mass is 35.5. The topological polar surface area (TPSA) is 224 Å². The van der Waals surface area contributed by atoms with Crippen molar-refractivity contribution in [2.75, 3.05) is 23.5 Å². The van der Waals surface area contributed by atoms with Crippen molar-refractivity contribution in [3.05, 3.63) is 146 Å². The number of para-hydroxylation sites is 2. The third-order valence-electron chi connectivity index (χ3n) is 9.97. The third kappa shape index (κ3) is 6.87. The van der Waals surface area contributed by atoms with Crippen molar-refractivity contribution in [1.82, 2.24) is 9.97 Å². The lowest BCUT2D eigenvalue weighted by Crippen LogP contribution is -2.17. The van der Waals surface area contributed by atoms with Gasteiger partial charge >= 0.3 is 17.9 Å². The molecule has 0 amide bonds. The van der Waals surface area contributed by atoms with E-state index in [4.69, 9.17) is 26.5 Å². The van der Waals surface area contributed by atoms with E-state index in [0.717, 1.165) is 5.39 Å². The molecular formula is C44H30ClN5O9. The Morgan fingerprint density at radius 3 is 2.15 bits per heavy atom. The summed E-state index contributed by atoms with van der Waals surface area (Å²) in [5.41, 5.74) is 9.41. The minimum atomic E-state index is -1.30. The smallest absolute Gasteiger partial charge is 0.354 e. The molecule has 0 unspecified atom stereocenters. The molecule has 0 bridgehead atoms. The highest BCUT2D eigenvalue weighted by Gasteiger charge is 2.29. The van der Waals surface area contributed by atoms with Crippen LogP contribution in [0, 0.1) is 0 Å². The first kappa shape index (κ1) is 38.1. The van der Waals surface area contributed by atoms with Crippen LogP contribution in [0.25, 0.3) is 55.2 Å². The third-order valence-corrected chi connectivity index (χ3v) is 10.3. The monoisotopic (exact) mass is 807 g/mol. The van der Waals surface area contributed by atoms with Crippen LogP contribution in [0.5, 0.6) is 0 Å². The van der Waals surface area contributed by atoms with Gasteiger partial charge in [0, 0.05) is 51.6 Å². The first-order valence-corrected chi connectivity index (χ1v) is 18.3. The maximum atomic E-state index is 14.0. The number of aldehydes is 1. The molecule has 3 heterocycles. The summed E-state index contributed by atoms with van der Waals surface area (Å²) >= 11 is 6.68. The summed E-state index contributed by atoms with van der Waals surface area (Å²) in [6.07, 6.45) is 0.630. The Bertz CT molecular complexity index is 3110. The molecule has 14 nitrogen and oxygen atoms in total. The van der Waals surface area contributed by atoms with Gasteiger partial charge in [0.05, 0.1) is 51.2 Å². The maximum absolute atomic E-state index is 14.0. The number of nitrogens with one attached hydrogen (secondary N) is 2. The van der Waals surface area contributed by atoms with Gasteiger partial charge in [-0.2, -0.15) is 0 Å². The fourth-order valence-electron chi connectivity index (χ4n) is 7.14. The van der Waals surface area contributed by atoms with Crippen molar-refractivity contribution in [1.29, 1.82) is 0 Å². The summed E-state index contributed by atoms with van der Waals surface area (Å²) in [6, 6.07) is 25.7. The van der Waals surface area contributed by atoms with Crippen LogP contribution < -0.4 is 21.8 Å². The van der Waals surface area contributed by atoms with Crippen LogP contribution >= 0.6 is 11.6 Å². The normalized spacial score (nSPS) is 11.2. The standard InChI is InChI=1S/C44H30ClN5O9/c1-58-44(57)23-9-12-25(42(53)54)27(16-23)36-26-13-14-32(46)29(18-47-34-7-3-5-22-10-15-35(43(55)56)50-38(22)34)40(26)59-41-28(36)17-31(45)39(52)30(41)19-48-33-6-2-4-21-8-11-24(20-51)49-37(21)33/h2-17,20,47-48H,18-19,46H2,1H3,(H,53,54)(H,55,56). The number of aromatic nitrogens is 2. The molecule has 0 fully saturated rings. The van der Waals surface area contributed by atoms with Crippen molar-refractivity contribution in [3.63, 3.8) is 0 Å². The van der Waals surface area contributed by atoms with Gasteiger partial charge in [-0.1, -0.05) is 48.0 Å². The van der Waals surface area contributed by atoms with Crippen molar-refractivity contribution < 1.29 is 38.5 Å². The molecule has 0 atom stereocenters. The summed E-state index contributed by atoms with van der Waals surface area (Å²) in [6.45, 7) is -0.163. The van der Waals surface area contributed by atoms with Crippen LogP contribution in [0.4, 0.5) is 17.1 Å². The zero-order valence-electron chi connectivity index (χ0n) is 30.8. The Hall–Kier alpha value is -7.84. The van der Waals surface area contributed by atoms with Crippen LogP contribution in [0.15, 0.2) is 106 Å². The number of aromatic carboxylic acids is 2. The fraction of sp³-hybridized carbons (Fsp3) is 0.0682. The molecule has 0 spiro atoms. The molecule has 4 aromatic carbocycles. The van der Waals surface area contributed by atoms with Crippen LogP contribution in [0.2, 0.25) is 5.02 Å². The number of hydrogen-bond donors (Lipinski definition) is 5. The summed E-state index contributed by atoms with van der Waals surface area (Å²) in [7, 11) is 1.20. The first-order chi connectivity index (χ1) is 28.5. The molecule has 0 saturated heterocycles. The lowest BCUT2D eigenvalue weighted by Gasteiger charge is -2.22. The minimum Gasteiger partial charge on any atom is -0.478 e. The lowest BCUT2D eigenvalue weighted by molar-refractivity contribution is 0.0598. The second-order valence-electron chi connectivity index (χ2n) is 13.4. The van der Waals surface area contributed by atoms with E-state index in [9.17, 15) is 34.2 Å². The molecule has 15 heteroatoms. The van der Waals surface area contributed by atoms with Crippen molar-refractivity contribution in [3.8, 4) is 22.5 Å². The summed E-state index contributed by atoms with van der Waals surface area (Å²) in [4.78, 5) is 71.9. The van der Waals surface area contributed by atoms with Gasteiger partial charge in [0.1, 0.15) is 22.7 Å². The molecule has 6 N–H and O–H groups in total. The van der Waals surface area contributed by atoms with E-state index in [1.807, 2.05) is 6.07 Å². The number of benzene rings is 5. The summed E-state index contributed by atoms with van der Waals surface area (Å²) in [5.74, 6) is -3.17. The molecule has 8 rings (SSSR count). The van der Waals surface area contributed by atoms with E-state index in [1.165, 1.54) is 37.4 Å². The molecule has 1 aliphatic heterocycles. The van der Waals surface area contributed by atoms with Gasteiger partial charge in [-0.25, -0.2) is 24.4 Å². The van der Waals surface area contributed by atoms with E-state index >= 15 is 0 Å². The number of hydrogen-bond acceptors (Lipinski definition) is 12. The number of carboxylic acids is 2. The highest BCUT2D eigenvalue weighted by Crippen LogP contribution is 2.45. The molecule has 292 valence electrons. The number of pyridine rings is 2. The Morgan fingerprint density at radius 1 is 0.814 bits per heavy atom. The van der Waals surface area contributed by atoms with Crippen LogP contribution in [-0.4, -0.2) is 51.5 Å². The number of anilines is 3. The van der Waals surface area contributed by atoms with Gasteiger partial charge in [-0.3, -0.25) is 9.59 Å². The van der Waals surface area contributed by atoms with E-state index in [-0.39, 0.29) is 79.9 Å². The van der Waals surface area contributed by atoms with Gasteiger partial charge in [0.25, 0.3) is 0 Å². The van der Waals surface area contributed by atoms with Crippen molar-refractivity contribution >= 4 is 85.6 Å². The zero-order valence-corrected chi connectivity index (χ0v) is 31.6. The van der Waals surface area contributed by atoms with Gasteiger partial charge in [-0.05, 0) is 66.2 Å². The lowest BCUT2D eigenvalue weighted by atomic mass is 9.87. The Kier molecular flexibility index (Phi) is 9.84. The van der Waals surface area contributed by atoms with E-state index < -0.39 is 23.3 Å². The number of halogens is 1. The number of methoxy groups -OCH3 is 1. The molecule has 59 heavy (non-hydrogen) atoms. The number of nitrogen functional groups attached to an aromatic ring is 1. The molecular weight excluding hydrogens is 778 g/mol. The summed E-state index contributed by atoms with van der Waals surface area (Å²) in [5, 5.41) is 28.2. The number of carboxylic acid groups (broad SMARTS) is 2. The van der Waals surface area contributed by atoms with Crippen molar-refractivity contribution in [2.24, 2.45) is 0 Å². The number of esters is 1. The van der Waals surface area contributed by atoms with Gasteiger partial charge < -0.3 is 35.7 Å². The number of nitrogens with zero attached hydrogens (tertiary/aromatic N) is 2.